The van der Waals surface area contributed by atoms with Gasteiger partial charge in [-0.15, -0.1) is 0 Å². The van der Waals surface area contributed by atoms with Crippen LogP contribution in [-0.4, -0.2) is 35.2 Å². The molecule has 0 aliphatic carbocycles. The first-order valence-electron chi connectivity index (χ1n) is 11.3. The van der Waals surface area contributed by atoms with E-state index < -0.39 is 11.9 Å². The lowest BCUT2D eigenvalue weighted by Gasteiger charge is -2.16. The van der Waals surface area contributed by atoms with E-state index in [-0.39, 0.29) is 39.5 Å². The quantitative estimate of drug-likeness (QED) is 0.406. The summed E-state index contributed by atoms with van der Waals surface area (Å²) >= 11 is 7.17. The van der Waals surface area contributed by atoms with Crippen molar-refractivity contribution in [3.8, 4) is 5.75 Å². The normalized spacial score (nSPS) is 15.9. The standard InChI is InChI=1S/C27H28ClNO5S/c1-6-33-21-12-16(5)17(13-19(21)15(3)4)14-22-24(30)23(27(32)34-7-2)26(35-22)29-25(31)18-10-8-9-11-20(18)28/h8-15,30H,6-7H2,1-5H3/b22-14-,29-26?. The fourth-order valence-corrected chi connectivity index (χ4v) is 4.74. The van der Waals surface area contributed by atoms with Gasteiger partial charge in [0.15, 0.2) is 0 Å². The number of hydrogen-bond acceptors (Lipinski definition) is 6. The van der Waals surface area contributed by atoms with E-state index in [9.17, 15) is 14.7 Å². The minimum Gasteiger partial charge on any atom is -0.506 e. The Hall–Kier alpha value is -3.03. The van der Waals surface area contributed by atoms with Crippen molar-refractivity contribution in [1.82, 2.24) is 0 Å². The Labute approximate surface area is 214 Å². The van der Waals surface area contributed by atoms with Gasteiger partial charge in [0.05, 0.1) is 28.7 Å². The molecule has 6 nitrogen and oxygen atoms in total. The van der Waals surface area contributed by atoms with Crippen molar-refractivity contribution < 1.29 is 24.2 Å². The Bertz CT molecular complexity index is 1250. The summed E-state index contributed by atoms with van der Waals surface area (Å²) in [5.74, 6) is -0.611. The van der Waals surface area contributed by atoms with Gasteiger partial charge >= 0.3 is 5.97 Å². The highest BCUT2D eigenvalue weighted by molar-refractivity contribution is 8.18. The molecule has 2 aromatic carbocycles. The summed E-state index contributed by atoms with van der Waals surface area (Å²) < 4.78 is 10.9. The number of nitrogens with zero attached hydrogens (tertiary/aromatic N) is 1. The van der Waals surface area contributed by atoms with Gasteiger partial charge in [0.1, 0.15) is 22.1 Å². The van der Waals surface area contributed by atoms with Gasteiger partial charge < -0.3 is 14.6 Å². The van der Waals surface area contributed by atoms with E-state index in [1.807, 2.05) is 26.0 Å². The zero-order chi connectivity index (χ0) is 25.7. The Morgan fingerprint density at radius 2 is 1.89 bits per heavy atom. The van der Waals surface area contributed by atoms with Gasteiger partial charge in [-0.1, -0.05) is 49.3 Å². The Balaban J connectivity index is 2.09. The number of esters is 1. The van der Waals surface area contributed by atoms with Gasteiger partial charge in [0, 0.05) is 0 Å². The molecule has 0 unspecified atom stereocenters. The zero-order valence-electron chi connectivity index (χ0n) is 20.3. The summed E-state index contributed by atoms with van der Waals surface area (Å²) in [5.41, 5.74) is 2.88. The third-order valence-electron chi connectivity index (χ3n) is 5.28. The van der Waals surface area contributed by atoms with E-state index in [0.29, 0.717) is 11.5 Å². The molecule has 0 atom stereocenters. The molecule has 1 aliphatic heterocycles. The van der Waals surface area contributed by atoms with Gasteiger partial charge in [0.2, 0.25) is 0 Å². The van der Waals surface area contributed by atoms with Crippen molar-refractivity contribution in [3.05, 3.63) is 79.9 Å². The van der Waals surface area contributed by atoms with Crippen LogP contribution >= 0.6 is 23.4 Å². The summed E-state index contributed by atoms with van der Waals surface area (Å²) in [7, 11) is 0. The average Bonchev–Trinajstić information content (AvgIpc) is 3.10. The van der Waals surface area contributed by atoms with Crippen molar-refractivity contribution in [2.75, 3.05) is 13.2 Å². The topological polar surface area (TPSA) is 85.2 Å². The van der Waals surface area contributed by atoms with Crippen LogP contribution in [0.2, 0.25) is 5.02 Å². The second-order valence-corrected chi connectivity index (χ2v) is 9.53. The number of aryl methyl sites for hydroxylation is 1. The summed E-state index contributed by atoms with van der Waals surface area (Å²) in [6.07, 6.45) is 1.78. The molecule has 0 saturated heterocycles. The van der Waals surface area contributed by atoms with E-state index in [0.717, 1.165) is 34.2 Å². The highest BCUT2D eigenvalue weighted by Crippen LogP contribution is 2.40. The molecule has 0 spiro atoms. The molecule has 3 rings (SSSR count). The van der Waals surface area contributed by atoms with Crippen LogP contribution in [0.4, 0.5) is 0 Å². The van der Waals surface area contributed by atoms with Crippen molar-refractivity contribution in [2.24, 2.45) is 4.99 Å². The molecule has 8 heteroatoms. The van der Waals surface area contributed by atoms with Crippen LogP contribution < -0.4 is 4.74 Å². The molecule has 0 radical (unpaired) electrons. The lowest BCUT2D eigenvalue weighted by atomic mass is 9.96. The van der Waals surface area contributed by atoms with Crippen LogP contribution in [0.3, 0.4) is 0 Å². The van der Waals surface area contributed by atoms with E-state index >= 15 is 0 Å². The maximum atomic E-state index is 12.8. The largest absolute Gasteiger partial charge is 0.506 e. The molecule has 1 amide bonds. The summed E-state index contributed by atoms with van der Waals surface area (Å²) in [5, 5.41) is 11.3. The fraction of sp³-hybridized carbons (Fsp3) is 0.296. The molecule has 1 heterocycles. The third-order valence-corrected chi connectivity index (χ3v) is 6.63. The minimum absolute atomic E-state index is 0.0600. The highest BCUT2D eigenvalue weighted by atomic mass is 35.5. The van der Waals surface area contributed by atoms with Crippen LogP contribution in [0.25, 0.3) is 6.08 Å². The molecule has 0 bridgehead atoms. The SMILES string of the molecule is CCOC(=O)C1=C(O)/C(=C/c2cc(C(C)C)c(OCC)cc2C)SC1=NC(=O)c1ccccc1Cl. The molecule has 0 fully saturated rings. The molecule has 35 heavy (non-hydrogen) atoms. The van der Waals surface area contributed by atoms with E-state index in [4.69, 9.17) is 21.1 Å². The minimum atomic E-state index is -0.752. The predicted molar refractivity (Wildman–Crippen MR) is 142 cm³/mol. The Morgan fingerprint density at radius 1 is 1.17 bits per heavy atom. The number of amides is 1. The Morgan fingerprint density at radius 3 is 2.51 bits per heavy atom. The first-order valence-corrected chi connectivity index (χ1v) is 12.5. The lowest BCUT2D eigenvalue weighted by Crippen LogP contribution is -2.14. The molecule has 184 valence electrons. The van der Waals surface area contributed by atoms with E-state index in [2.05, 4.69) is 18.8 Å². The van der Waals surface area contributed by atoms with Gasteiger partial charge in [-0.25, -0.2) is 9.79 Å². The number of ether oxygens (including phenoxy) is 2. The van der Waals surface area contributed by atoms with Gasteiger partial charge in [0.25, 0.3) is 5.91 Å². The highest BCUT2D eigenvalue weighted by Gasteiger charge is 2.34. The Kier molecular flexibility index (Phi) is 8.81. The number of rotatable bonds is 7. The van der Waals surface area contributed by atoms with Crippen molar-refractivity contribution >= 4 is 46.4 Å². The molecule has 1 N–H and O–H groups in total. The van der Waals surface area contributed by atoms with Gasteiger partial charge in [-0.3, -0.25) is 4.79 Å². The second kappa shape index (κ2) is 11.6. The first kappa shape index (κ1) is 26.6. The summed E-state index contributed by atoms with van der Waals surface area (Å²) in [6, 6.07) is 10.5. The van der Waals surface area contributed by atoms with Crippen LogP contribution in [0, 0.1) is 6.92 Å². The number of halogens is 1. The smallest absolute Gasteiger partial charge is 0.344 e. The van der Waals surface area contributed by atoms with Crippen molar-refractivity contribution in [1.29, 1.82) is 0 Å². The van der Waals surface area contributed by atoms with Crippen LogP contribution in [-0.2, 0) is 9.53 Å². The first-order chi connectivity index (χ1) is 16.7. The maximum Gasteiger partial charge on any atom is 0.344 e. The number of aliphatic hydroxyl groups is 1. The second-order valence-electron chi connectivity index (χ2n) is 8.09. The fourth-order valence-electron chi connectivity index (χ4n) is 3.52. The van der Waals surface area contributed by atoms with Crippen molar-refractivity contribution in [2.45, 2.75) is 40.5 Å². The third kappa shape index (κ3) is 5.97. The number of carbonyl (C=O) groups is 2. The molecular weight excluding hydrogens is 486 g/mol. The van der Waals surface area contributed by atoms with Crippen LogP contribution in [0.15, 0.2) is 57.6 Å². The number of hydrogen-bond donors (Lipinski definition) is 1. The average molecular weight is 514 g/mol. The number of thioether (sulfide) groups is 1. The summed E-state index contributed by atoms with van der Waals surface area (Å²) in [4.78, 5) is 30.0. The maximum absolute atomic E-state index is 12.8. The zero-order valence-corrected chi connectivity index (χ0v) is 21.9. The van der Waals surface area contributed by atoms with Crippen LogP contribution in [0.1, 0.15) is 60.7 Å². The van der Waals surface area contributed by atoms with Gasteiger partial charge in [-0.05, 0) is 73.7 Å². The molecule has 2 aromatic rings. The molecule has 0 aromatic heterocycles. The molecule has 0 saturated carbocycles. The predicted octanol–water partition coefficient (Wildman–Crippen LogP) is 6.87. The molecule has 1 aliphatic rings. The van der Waals surface area contributed by atoms with Crippen LogP contribution in [0.5, 0.6) is 5.75 Å². The number of carbonyl (C=O) groups excluding carboxylic acids is 2. The molecular formula is C27H28ClNO5S. The van der Waals surface area contributed by atoms with Crippen molar-refractivity contribution in [3.63, 3.8) is 0 Å². The van der Waals surface area contributed by atoms with E-state index in [1.54, 1.807) is 37.3 Å². The number of aliphatic hydroxyl groups excluding tert-OH is 1. The summed E-state index contributed by atoms with van der Waals surface area (Å²) in [6.45, 7) is 10.4. The lowest BCUT2D eigenvalue weighted by molar-refractivity contribution is -0.138. The monoisotopic (exact) mass is 513 g/mol. The van der Waals surface area contributed by atoms with Gasteiger partial charge in [-0.2, -0.15) is 0 Å². The van der Waals surface area contributed by atoms with E-state index in [1.165, 1.54) is 0 Å². The number of aliphatic imine (C=N–C) groups is 1. The number of benzene rings is 2.